The zero-order valence-electron chi connectivity index (χ0n) is 36.3. The van der Waals surface area contributed by atoms with Crippen molar-refractivity contribution in [2.24, 2.45) is 5.92 Å². The molecule has 0 aliphatic heterocycles. The van der Waals surface area contributed by atoms with Crippen LogP contribution in [0.15, 0.2) is 102 Å². The molecule has 0 unspecified atom stereocenters. The molecule has 53 heavy (non-hydrogen) atoms. The topological polar surface area (TPSA) is 56.7 Å². The molecule has 1 radical (unpaired) electrons. The van der Waals surface area contributed by atoms with Gasteiger partial charge in [0, 0.05) is 49.9 Å². The van der Waals surface area contributed by atoms with Crippen LogP contribution < -0.4 is 5.19 Å². The summed E-state index contributed by atoms with van der Waals surface area (Å²) < 4.78 is 48.1. The van der Waals surface area contributed by atoms with E-state index in [1.807, 2.05) is 57.2 Å². The van der Waals surface area contributed by atoms with E-state index in [9.17, 15) is 0 Å². The third-order valence-corrected chi connectivity index (χ3v) is 11.1. The van der Waals surface area contributed by atoms with Crippen LogP contribution in [0.5, 0.6) is 0 Å². The predicted octanol–water partition coefficient (Wildman–Crippen LogP) is 11.3. The molecule has 0 aliphatic rings. The minimum absolute atomic E-state index is 0. The minimum atomic E-state index is -2.16. The van der Waals surface area contributed by atoms with E-state index in [2.05, 4.69) is 96.6 Å². The van der Waals surface area contributed by atoms with Crippen molar-refractivity contribution < 1.29 is 31.4 Å². The van der Waals surface area contributed by atoms with E-state index >= 15 is 0 Å². The Morgan fingerprint density at radius 1 is 0.887 bits per heavy atom. The van der Waals surface area contributed by atoms with Gasteiger partial charge in [0.05, 0.1) is 30.5 Å². The van der Waals surface area contributed by atoms with Gasteiger partial charge in [0.1, 0.15) is 0 Å². The Morgan fingerprint density at radius 2 is 1.66 bits per heavy atom. The fourth-order valence-electron chi connectivity index (χ4n) is 6.67. The number of benzene rings is 4. The van der Waals surface area contributed by atoms with Crippen molar-refractivity contribution in [3.8, 4) is 28.3 Å². The van der Waals surface area contributed by atoms with Crippen LogP contribution in [-0.2, 0) is 26.5 Å². The van der Waals surface area contributed by atoms with Crippen LogP contribution in [0.2, 0.25) is 19.6 Å². The van der Waals surface area contributed by atoms with Gasteiger partial charge in [0.2, 0.25) is 5.71 Å². The van der Waals surface area contributed by atoms with Gasteiger partial charge >= 0.3 is 0 Å². The van der Waals surface area contributed by atoms with Crippen LogP contribution in [0, 0.1) is 45.7 Å². The van der Waals surface area contributed by atoms with Crippen LogP contribution in [0.4, 0.5) is 0 Å². The molecule has 8 aromatic rings. The van der Waals surface area contributed by atoms with E-state index in [1.165, 1.54) is 17.2 Å². The fraction of sp³-hybridized carbons (Fsp3) is 0.239. The van der Waals surface area contributed by atoms with Crippen LogP contribution in [0.25, 0.3) is 61.4 Å². The van der Waals surface area contributed by atoms with Gasteiger partial charge in [-0.15, -0.1) is 53.6 Å². The number of rotatable bonds is 6. The molecule has 0 spiro atoms. The number of para-hydroxylation sites is 3. The largest absolute Gasteiger partial charge is 0.486 e. The van der Waals surface area contributed by atoms with Crippen molar-refractivity contribution in [1.29, 1.82) is 0 Å². The third-order valence-electron chi connectivity index (χ3n) is 9.13. The molecule has 4 aromatic heterocycles. The maximum Gasteiger partial charge on any atom is 0.216 e. The Labute approximate surface area is 334 Å². The number of hydrogen-bond acceptors (Lipinski definition) is 4. The van der Waals surface area contributed by atoms with Gasteiger partial charge < -0.3 is 14.0 Å². The summed E-state index contributed by atoms with van der Waals surface area (Å²) in [5, 5.41) is 3.04. The first-order chi connectivity index (χ1) is 26.9. The van der Waals surface area contributed by atoms with E-state index in [4.69, 9.17) is 16.3 Å². The van der Waals surface area contributed by atoms with Crippen molar-refractivity contribution in [2.75, 3.05) is 0 Å². The van der Waals surface area contributed by atoms with E-state index in [0.717, 1.165) is 55.3 Å². The van der Waals surface area contributed by atoms with Crippen molar-refractivity contribution in [3.05, 3.63) is 137 Å². The number of imidazole rings is 1. The number of hydrogen-bond donors (Lipinski definition) is 0. The fourth-order valence-corrected chi connectivity index (χ4v) is 8.08. The average molecular weight is 896 g/mol. The number of furan rings is 1. The van der Waals surface area contributed by atoms with Crippen molar-refractivity contribution in [2.45, 2.75) is 67.5 Å². The molecule has 7 heteroatoms. The van der Waals surface area contributed by atoms with Crippen LogP contribution in [-0.4, -0.2) is 27.6 Å². The summed E-state index contributed by atoms with van der Waals surface area (Å²) in [4.78, 5) is 14.2. The Morgan fingerprint density at radius 3 is 2.36 bits per heavy atom. The molecule has 0 saturated carbocycles. The summed E-state index contributed by atoms with van der Waals surface area (Å²) in [6.45, 7) is 14.4. The van der Waals surface area contributed by atoms with Crippen LogP contribution >= 0.6 is 0 Å². The predicted molar refractivity (Wildman–Crippen MR) is 219 cm³/mol. The molecule has 0 aliphatic carbocycles. The quantitative estimate of drug-likeness (QED) is 0.123. The van der Waals surface area contributed by atoms with Gasteiger partial charge in [-0.1, -0.05) is 93.3 Å². The van der Waals surface area contributed by atoms with Gasteiger partial charge in [-0.3, -0.25) is 4.98 Å². The van der Waals surface area contributed by atoms with Gasteiger partial charge in [0.25, 0.3) is 0 Å². The summed E-state index contributed by atoms with van der Waals surface area (Å²) in [7, 11) is -1.78. The zero-order chi connectivity index (χ0) is 41.0. The van der Waals surface area contributed by atoms with Gasteiger partial charge in [0.15, 0.2) is 0 Å². The molecule has 271 valence electrons. The smallest absolute Gasteiger partial charge is 0.216 e. The number of nitrogens with zero attached hydrogens (tertiary/aromatic N) is 4. The summed E-state index contributed by atoms with van der Waals surface area (Å²) in [6.07, 6.45) is 0.328. The molecular formula is C46H46IrN4OSi-2. The number of aryl methyl sites for hydroxylation is 4. The molecule has 0 N–H and O–H groups in total. The normalized spacial score (nSPS) is 13.5. The minimum Gasteiger partial charge on any atom is -0.486 e. The second-order valence-electron chi connectivity index (χ2n) is 14.7. The first-order valence-electron chi connectivity index (χ1n) is 20.1. The van der Waals surface area contributed by atoms with Crippen molar-refractivity contribution >= 4 is 46.4 Å². The molecule has 8 rings (SSSR count). The first kappa shape index (κ1) is 31.8. The third kappa shape index (κ3) is 7.70. The SMILES string of the molecule is Cc1ccc2c(n1)oc1c(-c3nc4ccccc4n3-c3c(C)cccc3C)[c-]ccc12.[2H]C([2H])([2H])c1c[c-]c(-c2cc(C([2H])([2H])C(C)C)c([Si](C)(C)C)cn2)cc1.[Ir]. The standard InChI is InChI=1S/C27H20N3O.C19H26NSi.Ir/c1-16-8-6-9-17(2)24(16)30-23-13-5-4-12-22(23)29-26(30)21-11-7-10-19-20-15-14-18(3)28-27(20)31-25(19)21;1-14(2)11-17-12-18(16-9-7-15(3)8-10-16)20-13-19(17)21(4,5)6;/h4-10,12-15H,1-3H3;7-9,12-14H,11H2,1-6H3;/q2*-1;/i;3D3,11D2;. The van der Waals surface area contributed by atoms with E-state index < -0.39 is 21.3 Å². The maximum atomic E-state index is 8.59. The molecule has 4 aromatic carbocycles. The molecule has 0 bridgehead atoms. The Kier molecular flexibility index (Phi) is 9.21. The maximum absolute atomic E-state index is 8.59. The summed E-state index contributed by atoms with van der Waals surface area (Å²) in [6, 6.07) is 35.6. The van der Waals surface area contributed by atoms with E-state index in [0.29, 0.717) is 22.5 Å². The van der Waals surface area contributed by atoms with Gasteiger partial charge in [-0.05, 0) is 79.3 Å². The van der Waals surface area contributed by atoms with Crippen molar-refractivity contribution in [3.63, 3.8) is 0 Å². The van der Waals surface area contributed by atoms with E-state index in [-0.39, 0.29) is 31.6 Å². The number of aromatic nitrogens is 4. The van der Waals surface area contributed by atoms with Gasteiger partial charge in [-0.2, -0.15) is 0 Å². The molecular weight excluding hydrogens is 845 g/mol. The molecule has 0 amide bonds. The Balaban J connectivity index is 0.000000196. The molecule has 0 fully saturated rings. The zero-order valence-corrected chi connectivity index (χ0v) is 34.7. The summed E-state index contributed by atoms with van der Waals surface area (Å²) in [5.74, 6) is 0.648. The van der Waals surface area contributed by atoms with Gasteiger partial charge in [-0.25, -0.2) is 4.98 Å². The van der Waals surface area contributed by atoms with E-state index in [1.54, 1.807) is 18.3 Å². The second kappa shape index (κ2) is 15.4. The summed E-state index contributed by atoms with van der Waals surface area (Å²) in [5.41, 5.74) is 10.9. The van der Waals surface area contributed by atoms with Crippen LogP contribution in [0.3, 0.4) is 0 Å². The van der Waals surface area contributed by atoms with Crippen LogP contribution in [0.1, 0.15) is 48.6 Å². The first-order valence-corrected chi connectivity index (χ1v) is 21.1. The Bertz CT molecular complexity index is 2750. The van der Waals surface area contributed by atoms with Crippen molar-refractivity contribution in [1.82, 2.24) is 19.5 Å². The average Bonchev–Trinajstić information content (AvgIpc) is 3.72. The molecule has 5 nitrogen and oxygen atoms in total. The number of fused-ring (bicyclic) bond motifs is 4. The second-order valence-corrected chi connectivity index (χ2v) is 19.7. The summed E-state index contributed by atoms with van der Waals surface area (Å²) >= 11 is 0. The Hall–Kier alpha value is -4.68. The molecule has 0 saturated heterocycles. The molecule has 0 atom stereocenters. The monoisotopic (exact) mass is 896 g/mol. The number of pyridine rings is 2. The molecule has 4 heterocycles.